The third-order valence-electron chi connectivity index (χ3n) is 3.23. The number of aromatic nitrogens is 5. The zero-order valence-corrected chi connectivity index (χ0v) is 11.3. The number of imidazole rings is 1. The first-order chi connectivity index (χ1) is 10.8. The van der Waals surface area contributed by atoms with Gasteiger partial charge in [0.2, 0.25) is 5.89 Å². The van der Waals surface area contributed by atoms with Crippen LogP contribution >= 0.6 is 0 Å². The van der Waals surface area contributed by atoms with Gasteiger partial charge in [0.05, 0.1) is 6.42 Å². The summed E-state index contributed by atoms with van der Waals surface area (Å²) >= 11 is 0. The fourth-order valence-corrected chi connectivity index (χ4v) is 2.25. The molecule has 108 valence electrons. The van der Waals surface area contributed by atoms with Gasteiger partial charge in [-0.15, -0.1) is 10.2 Å². The van der Waals surface area contributed by atoms with Crippen LogP contribution in [0.4, 0.5) is 4.39 Å². The van der Waals surface area contributed by atoms with Crippen LogP contribution in [0.3, 0.4) is 0 Å². The Kier molecular flexibility index (Phi) is 2.89. The summed E-state index contributed by atoms with van der Waals surface area (Å²) in [7, 11) is 0. The molecule has 4 aromatic rings. The Balaban J connectivity index is 1.68. The molecule has 1 aromatic carbocycles. The van der Waals surface area contributed by atoms with Gasteiger partial charge in [-0.3, -0.25) is 0 Å². The highest BCUT2D eigenvalue weighted by Gasteiger charge is 2.14. The van der Waals surface area contributed by atoms with Crippen molar-refractivity contribution in [2.45, 2.75) is 6.42 Å². The molecule has 0 aliphatic heterocycles. The summed E-state index contributed by atoms with van der Waals surface area (Å²) in [6, 6.07) is 6.29. The third kappa shape index (κ3) is 2.22. The molecule has 0 amide bonds. The molecule has 0 atom stereocenters. The molecule has 0 aliphatic rings. The molecule has 0 N–H and O–H groups in total. The van der Waals surface area contributed by atoms with E-state index in [1.165, 1.54) is 12.1 Å². The van der Waals surface area contributed by atoms with Gasteiger partial charge in [0, 0.05) is 24.8 Å². The van der Waals surface area contributed by atoms with E-state index in [0.29, 0.717) is 29.5 Å². The highest BCUT2D eigenvalue weighted by molar-refractivity contribution is 5.66. The van der Waals surface area contributed by atoms with E-state index in [1.807, 2.05) is 10.6 Å². The molecular formula is C15H10FN5O. The maximum absolute atomic E-state index is 13.2. The Bertz CT molecular complexity index is 946. The fraction of sp³-hybridized carbons (Fsp3) is 0.0667. The first-order valence-electron chi connectivity index (χ1n) is 6.64. The number of benzene rings is 1. The van der Waals surface area contributed by atoms with Gasteiger partial charge in [0.15, 0.2) is 11.3 Å². The van der Waals surface area contributed by atoms with Gasteiger partial charge in [-0.25, -0.2) is 14.4 Å². The Labute approximate surface area is 124 Å². The van der Waals surface area contributed by atoms with Crippen LogP contribution in [0.15, 0.2) is 53.5 Å². The predicted octanol–water partition coefficient (Wildman–Crippen LogP) is 2.51. The zero-order chi connectivity index (χ0) is 14.9. The number of nitrogens with zero attached hydrogens (tertiary/aromatic N) is 5. The van der Waals surface area contributed by atoms with Gasteiger partial charge >= 0.3 is 0 Å². The minimum atomic E-state index is -0.291. The van der Waals surface area contributed by atoms with Gasteiger partial charge in [-0.2, -0.15) is 0 Å². The minimum absolute atomic E-state index is 0.291. The van der Waals surface area contributed by atoms with Crippen LogP contribution < -0.4 is 0 Å². The number of halogens is 1. The van der Waals surface area contributed by atoms with Crippen molar-refractivity contribution in [3.63, 3.8) is 0 Å². The second-order valence-electron chi connectivity index (χ2n) is 4.74. The predicted molar refractivity (Wildman–Crippen MR) is 75.5 cm³/mol. The monoisotopic (exact) mass is 295 g/mol. The summed E-state index contributed by atoms with van der Waals surface area (Å²) in [4.78, 5) is 8.47. The van der Waals surface area contributed by atoms with Gasteiger partial charge in [-0.1, -0.05) is 12.1 Å². The van der Waals surface area contributed by atoms with Crippen molar-refractivity contribution in [3.05, 3.63) is 66.3 Å². The first kappa shape index (κ1) is 12.6. The Morgan fingerprint density at radius 2 is 1.95 bits per heavy atom. The summed E-state index contributed by atoms with van der Waals surface area (Å²) in [5.41, 5.74) is 1.93. The molecule has 4 rings (SSSR count). The van der Waals surface area contributed by atoms with E-state index in [-0.39, 0.29) is 5.82 Å². The molecule has 3 heterocycles. The summed E-state index contributed by atoms with van der Waals surface area (Å²) in [6.07, 6.45) is 7.27. The van der Waals surface area contributed by atoms with E-state index in [2.05, 4.69) is 20.2 Å². The van der Waals surface area contributed by atoms with Crippen molar-refractivity contribution in [2.24, 2.45) is 0 Å². The van der Waals surface area contributed by atoms with Gasteiger partial charge < -0.3 is 8.82 Å². The lowest BCUT2D eigenvalue weighted by Crippen LogP contribution is -1.91. The molecule has 0 unspecified atom stereocenters. The van der Waals surface area contributed by atoms with Crippen molar-refractivity contribution in [3.8, 4) is 11.6 Å². The van der Waals surface area contributed by atoms with E-state index < -0.39 is 0 Å². The highest BCUT2D eigenvalue weighted by atomic mass is 19.1. The lowest BCUT2D eigenvalue weighted by Gasteiger charge is -1.98. The standard InChI is InChI=1S/C15H10FN5O/c16-11-3-1-2-10(8-11)9-12-19-20-15(22-12)13-14-18-5-7-21(14)6-4-17-13/h1-8H,9H2. The Hall–Kier alpha value is -3.09. The average Bonchev–Trinajstić information content (AvgIpc) is 3.15. The highest BCUT2D eigenvalue weighted by Crippen LogP contribution is 2.20. The SMILES string of the molecule is Fc1cccc(Cc2nnc(-c3nccn4ccnc34)o2)c1. The lowest BCUT2D eigenvalue weighted by atomic mass is 10.1. The molecule has 0 saturated carbocycles. The van der Waals surface area contributed by atoms with Crippen LogP contribution in [-0.4, -0.2) is 24.6 Å². The van der Waals surface area contributed by atoms with Crippen molar-refractivity contribution in [1.29, 1.82) is 0 Å². The topological polar surface area (TPSA) is 69.1 Å². The normalized spacial score (nSPS) is 11.1. The fourth-order valence-electron chi connectivity index (χ4n) is 2.25. The molecular weight excluding hydrogens is 285 g/mol. The second kappa shape index (κ2) is 5.03. The quantitative estimate of drug-likeness (QED) is 0.581. The summed E-state index contributed by atoms with van der Waals surface area (Å²) in [5, 5.41) is 8.00. The Morgan fingerprint density at radius 1 is 1.09 bits per heavy atom. The van der Waals surface area contributed by atoms with Crippen LogP contribution in [0.5, 0.6) is 0 Å². The van der Waals surface area contributed by atoms with Gasteiger partial charge in [-0.05, 0) is 17.7 Å². The van der Waals surface area contributed by atoms with E-state index in [0.717, 1.165) is 5.56 Å². The minimum Gasteiger partial charge on any atom is -0.419 e. The molecule has 0 spiro atoms. The molecule has 0 bridgehead atoms. The number of hydrogen-bond donors (Lipinski definition) is 0. The second-order valence-corrected chi connectivity index (χ2v) is 4.74. The maximum Gasteiger partial charge on any atom is 0.270 e. The third-order valence-corrected chi connectivity index (χ3v) is 3.23. The molecule has 0 radical (unpaired) electrons. The first-order valence-corrected chi connectivity index (χ1v) is 6.64. The van der Waals surface area contributed by atoms with Crippen molar-refractivity contribution in [2.75, 3.05) is 0 Å². The van der Waals surface area contributed by atoms with Crippen molar-refractivity contribution < 1.29 is 8.81 Å². The lowest BCUT2D eigenvalue weighted by molar-refractivity contribution is 0.516. The van der Waals surface area contributed by atoms with Gasteiger partial charge in [0.25, 0.3) is 5.89 Å². The average molecular weight is 295 g/mol. The smallest absolute Gasteiger partial charge is 0.270 e. The summed E-state index contributed by atoms with van der Waals surface area (Å²) in [5.74, 6) is 0.403. The zero-order valence-electron chi connectivity index (χ0n) is 11.3. The maximum atomic E-state index is 13.2. The molecule has 6 nitrogen and oxygen atoms in total. The van der Waals surface area contributed by atoms with Gasteiger partial charge in [0.1, 0.15) is 5.82 Å². The van der Waals surface area contributed by atoms with E-state index >= 15 is 0 Å². The molecule has 0 fully saturated rings. The number of hydrogen-bond acceptors (Lipinski definition) is 5. The van der Waals surface area contributed by atoms with Crippen LogP contribution in [0.1, 0.15) is 11.5 Å². The molecule has 3 aromatic heterocycles. The Morgan fingerprint density at radius 3 is 2.82 bits per heavy atom. The van der Waals surface area contributed by atoms with Crippen LogP contribution in [0.25, 0.3) is 17.2 Å². The van der Waals surface area contributed by atoms with Crippen LogP contribution in [-0.2, 0) is 6.42 Å². The number of fused-ring (bicyclic) bond motifs is 1. The van der Waals surface area contributed by atoms with E-state index in [1.54, 1.807) is 30.7 Å². The molecule has 7 heteroatoms. The van der Waals surface area contributed by atoms with Crippen LogP contribution in [0.2, 0.25) is 0 Å². The summed E-state index contributed by atoms with van der Waals surface area (Å²) in [6.45, 7) is 0. The van der Waals surface area contributed by atoms with Crippen molar-refractivity contribution in [1.82, 2.24) is 24.6 Å². The summed E-state index contributed by atoms with van der Waals surface area (Å²) < 4.78 is 20.6. The molecule has 22 heavy (non-hydrogen) atoms. The molecule has 0 aliphatic carbocycles. The molecule has 0 saturated heterocycles. The van der Waals surface area contributed by atoms with E-state index in [9.17, 15) is 4.39 Å². The number of rotatable bonds is 3. The van der Waals surface area contributed by atoms with E-state index in [4.69, 9.17) is 4.42 Å². The largest absolute Gasteiger partial charge is 0.419 e. The van der Waals surface area contributed by atoms with Crippen LogP contribution in [0, 0.1) is 5.82 Å². The van der Waals surface area contributed by atoms with Crippen molar-refractivity contribution >= 4 is 5.65 Å².